The fourth-order valence-electron chi connectivity index (χ4n) is 2.09. The van der Waals surface area contributed by atoms with Crippen LogP contribution in [0.15, 0.2) is 51.8 Å². The fourth-order valence-corrected chi connectivity index (χ4v) is 3.23. The van der Waals surface area contributed by atoms with Gasteiger partial charge < -0.3 is 14.8 Å². The molecule has 0 heterocycles. The highest BCUT2D eigenvalue weighted by atomic mass is 79.9. The van der Waals surface area contributed by atoms with Crippen molar-refractivity contribution >= 4 is 33.6 Å². The molecule has 0 aliphatic rings. The molecule has 2 aromatic carbocycles. The van der Waals surface area contributed by atoms with Crippen molar-refractivity contribution in [3.05, 3.63) is 52.5 Å². The molecule has 0 radical (unpaired) electrons. The zero-order chi connectivity index (χ0) is 18.9. The summed E-state index contributed by atoms with van der Waals surface area (Å²) in [7, 11) is 0. The van der Waals surface area contributed by atoms with Crippen molar-refractivity contribution in [3.8, 4) is 11.5 Å². The van der Waals surface area contributed by atoms with Gasteiger partial charge in [-0.1, -0.05) is 15.9 Å². The van der Waals surface area contributed by atoms with E-state index in [1.165, 1.54) is 17.8 Å². The third-order valence-electron chi connectivity index (χ3n) is 3.22. The molecule has 26 heavy (non-hydrogen) atoms. The number of amides is 1. The van der Waals surface area contributed by atoms with E-state index in [1.807, 2.05) is 31.2 Å². The Bertz CT molecular complexity index is 729. The molecule has 0 fully saturated rings. The van der Waals surface area contributed by atoms with Crippen molar-refractivity contribution in [2.45, 2.75) is 25.0 Å². The third kappa shape index (κ3) is 6.84. The van der Waals surface area contributed by atoms with Gasteiger partial charge in [0, 0.05) is 21.5 Å². The Hall–Kier alpha value is -1.80. The molecule has 140 valence electrons. The van der Waals surface area contributed by atoms with Gasteiger partial charge in [0.15, 0.2) is 0 Å². The van der Waals surface area contributed by atoms with Gasteiger partial charge in [-0.25, -0.2) is 0 Å². The Morgan fingerprint density at radius 2 is 1.96 bits per heavy atom. The van der Waals surface area contributed by atoms with Gasteiger partial charge in [0.1, 0.15) is 11.5 Å². The molecule has 0 aromatic heterocycles. The van der Waals surface area contributed by atoms with E-state index in [0.29, 0.717) is 16.6 Å². The average molecular weight is 446 g/mol. The quantitative estimate of drug-likeness (QED) is 0.560. The largest absolute Gasteiger partial charge is 0.494 e. The van der Waals surface area contributed by atoms with Crippen LogP contribution >= 0.6 is 27.7 Å². The van der Waals surface area contributed by atoms with Gasteiger partial charge in [-0.2, -0.15) is 8.78 Å². The highest BCUT2D eigenvalue weighted by molar-refractivity contribution is 9.10. The van der Waals surface area contributed by atoms with Crippen molar-refractivity contribution in [1.82, 2.24) is 5.32 Å². The smallest absolute Gasteiger partial charge is 0.387 e. The Labute approximate surface area is 163 Å². The van der Waals surface area contributed by atoms with Gasteiger partial charge in [0.25, 0.3) is 0 Å². The fraction of sp³-hybridized carbons (Fsp3) is 0.278. The van der Waals surface area contributed by atoms with Crippen LogP contribution in [-0.2, 0) is 11.3 Å². The van der Waals surface area contributed by atoms with Crippen LogP contribution in [0.2, 0.25) is 0 Å². The number of rotatable bonds is 9. The molecule has 1 N–H and O–H groups in total. The number of halogens is 3. The summed E-state index contributed by atoms with van der Waals surface area (Å²) in [5.41, 5.74) is 0.471. The standard InChI is InChI=1S/C18H18BrF2NO3S/c1-2-24-14-4-6-15(7-5-14)26-11-17(23)22-10-12-9-13(19)3-8-16(12)25-18(20)21/h3-9,18H,2,10-11H2,1H3,(H,22,23). The van der Waals surface area contributed by atoms with Crippen molar-refractivity contribution in [2.24, 2.45) is 0 Å². The molecule has 4 nitrogen and oxygen atoms in total. The highest BCUT2D eigenvalue weighted by Gasteiger charge is 2.11. The zero-order valence-electron chi connectivity index (χ0n) is 14.0. The van der Waals surface area contributed by atoms with E-state index < -0.39 is 6.61 Å². The summed E-state index contributed by atoms with van der Waals surface area (Å²) in [6.45, 7) is -0.303. The number of hydrogen-bond donors (Lipinski definition) is 1. The van der Waals surface area contributed by atoms with E-state index in [2.05, 4.69) is 26.0 Å². The molecule has 0 saturated heterocycles. The minimum absolute atomic E-state index is 0.0441. The summed E-state index contributed by atoms with van der Waals surface area (Å²) >= 11 is 4.66. The molecule has 0 aliphatic heterocycles. The van der Waals surface area contributed by atoms with Crippen molar-refractivity contribution < 1.29 is 23.0 Å². The number of thioether (sulfide) groups is 1. The molecule has 0 aliphatic carbocycles. The normalized spacial score (nSPS) is 10.7. The van der Waals surface area contributed by atoms with Gasteiger partial charge >= 0.3 is 6.61 Å². The molecule has 0 saturated carbocycles. The molecule has 1 amide bonds. The second kappa shape index (κ2) is 10.4. The van der Waals surface area contributed by atoms with Crippen LogP contribution in [0.1, 0.15) is 12.5 Å². The first-order chi connectivity index (χ1) is 12.5. The monoisotopic (exact) mass is 445 g/mol. The lowest BCUT2D eigenvalue weighted by atomic mass is 10.2. The number of alkyl halides is 2. The maximum Gasteiger partial charge on any atom is 0.387 e. The Kier molecular flexibility index (Phi) is 8.18. The van der Waals surface area contributed by atoms with Gasteiger partial charge in [0.05, 0.1) is 12.4 Å². The van der Waals surface area contributed by atoms with Crippen LogP contribution in [0.3, 0.4) is 0 Å². The van der Waals surface area contributed by atoms with Gasteiger partial charge in [-0.3, -0.25) is 4.79 Å². The minimum atomic E-state index is -2.92. The Balaban J connectivity index is 1.85. The van der Waals surface area contributed by atoms with Gasteiger partial charge in [0.2, 0.25) is 5.91 Å². The highest BCUT2D eigenvalue weighted by Crippen LogP contribution is 2.25. The lowest BCUT2D eigenvalue weighted by Gasteiger charge is -2.12. The van der Waals surface area contributed by atoms with Crippen LogP contribution in [0, 0.1) is 0 Å². The van der Waals surface area contributed by atoms with Crippen LogP contribution in [0.25, 0.3) is 0 Å². The average Bonchev–Trinajstić information content (AvgIpc) is 2.61. The molecule has 0 spiro atoms. The van der Waals surface area contributed by atoms with E-state index in [-0.39, 0.29) is 24.0 Å². The lowest BCUT2D eigenvalue weighted by Crippen LogP contribution is -2.25. The number of hydrogen-bond acceptors (Lipinski definition) is 4. The minimum Gasteiger partial charge on any atom is -0.494 e. The van der Waals surface area contributed by atoms with E-state index >= 15 is 0 Å². The van der Waals surface area contributed by atoms with Crippen molar-refractivity contribution in [3.63, 3.8) is 0 Å². The molecule has 0 unspecified atom stereocenters. The molecule has 0 atom stereocenters. The van der Waals surface area contributed by atoms with Crippen LogP contribution < -0.4 is 14.8 Å². The van der Waals surface area contributed by atoms with Crippen molar-refractivity contribution in [2.75, 3.05) is 12.4 Å². The second-order valence-electron chi connectivity index (χ2n) is 5.10. The van der Waals surface area contributed by atoms with Crippen molar-refractivity contribution in [1.29, 1.82) is 0 Å². The maximum atomic E-state index is 12.5. The summed E-state index contributed by atoms with van der Waals surface area (Å²) < 4.78 is 35.5. The van der Waals surface area contributed by atoms with Crippen LogP contribution in [0.5, 0.6) is 11.5 Å². The maximum absolute atomic E-state index is 12.5. The van der Waals surface area contributed by atoms with Gasteiger partial charge in [-0.15, -0.1) is 11.8 Å². The van der Waals surface area contributed by atoms with Gasteiger partial charge in [-0.05, 0) is 49.4 Å². The summed E-state index contributed by atoms with van der Waals surface area (Å²) in [5, 5.41) is 2.71. The predicted molar refractivity (Wildman–Crippen MR) is 101 cm³/mol. The Morgan fingerprint density at radius 1 is 1.23 bits per heavy atom. The third-order valence-corrected chi connectivity index (χ3v) is 4.72. The molecular formula is C18H18BrF2NO3S. The SMILES string of the molecule is CCOc1ccc(SCC(=O)NCc2cc(Br)ccc2OC(F)F)cc1. The molecule has 2 rings (SSSR count). The number of benzene rings is 2. The molecule has 8 heteroatoms. The summed E-state index contributed by atoms with van der Waals surface area (Å²) in [5.74, 6) is 0.838. The number of nitrogens with one attached hydrogen (secondary N) is 1. The summed E-state index contributed by atoms with van der Waals surface area (Å²) in [6, 6.07) is 12.1. The first-order valence-electron chi connectivity index (χ1n) is 7.83. The Morgan fingerprint density at radius 3 is 2.62 bits per heavy atom. The molecular weight excluding hydrogens is 428 g/mol. The van der Waals surface area contributed by atoms with E-state index in [1.54, 1.807) is 12.1 Å². The second-order valence-corrected chi connectivity index (χ2v) is 7.06. The summed E-state index contributed by atoms with van der Waals surface area (Å²) in [6.07, 6.45) is 0. The molecule has 2 aromatic rings. The first-order valence-corrected chi connectivity index (χ1v) is 9.61. The topological polar surface area (TPSA) is 47.6 Å². The van der Waals surface area contributed by atoms with Crippen LogP contribution in [0.4, 0.5) is 8.78 Å². The predicted octanol–water partition coefficient (Wildman–Crippen LogP) is 4.86. The van der Waals surface area contributed by atoms with E-state index in [0.717, 1.165) is 10.6 Å². The zero-order valence-corrected chi connectivity index (χ0v) is 16.4. The molecule has 0 bridgehead atoms. The lowest BCUT2D eigenvalue weighted by molar-refractivity contribution is -0.118. The number of carbonyl (C=O) groups excluding carboxylic acids is 1. The van der Waals surface area contributed by atoms with E-state index in [9.17, 15) is 13.6 Å². The number of ether oxygens (including phenoxy) is 2. The van der Waals surface area contributed by atoms with Crippen LogP contribution in [-0.4, -0.2) is 24.9 Å². The van der Waals surface area contributed by atoms with E-state index in [4.69, 9.17) is 4.74 Å². The number of carbonyl (C=O) groups is 1. The first kappa shape index (κ1) is 20.5. The summed E-state index contributed by atoms with van der Waals surface area (Å²) in [4.78, 5) is 13.0.